The molecule has 2 atom stereocenters. The van der Waals surface area contributed by atoms with Crippen molar-refractivity contribution in [1.82, 2.24) is 0 Å². The monoisotopic (exact) mass is 331 g/mol. The molecule has 2 N–H and O–H groups in total. The van der Waals surface area contributed by atoms with Crippen LogP contribution in [0.15, 0.2) is 16.6 Å². The van der Waals surface area contributed by atoms with Crippen molar-refractivity contribution >= 4 is 15.9 Å². The SMILES string of the molecule is COc1ccc(C(N)C2COCCO2)c(OC)c1Br. The Morgan fingerprint density at radius 3 is 2.68 bits per heavy atom. The first-order valence-corrected chi connectivity index (χ1v) is 6.83. The number of halogens is 1. The van der Waals surface area contributed by atoms with Crippen molar-refractivity contribution in [3.8, 4) is 11.5 Å². The van der Waals surface area contributed by atoms with Crippen molar-refractivity contribution in [2.24, 2.45) is 5.73 Å². The summed E-state index contributed by atoms with van der Waals surface area (Å²) in [7, 11) is 3.21. The van der Waals surface area contributed by atoms with Gasteiger partial charge in [0.25, 0.3) is 0 Å². The molecular formula is C13H18BrNO4. The first-order chi connectivity index (χ1) is 9.19. The van der Waals surface area contributed by atoms with Crippen LogP contribution >= 0.6 is 15.9 Å². The Labute approximate surface area is 121 Å². The molecule has 2 rings (SSSR count). The van der Waals surface area contributed by atoms with Crippen LogP contribution < -0.4 is 15.2 Å². The van der Waals surface area contributed by atoms with Crippen LogP contribution in [0.3, 0.4) is 0 Å². The van der Waals surface area contributed by atoms with Crippen LogP contribution in [0.1, 0.15) is 11.6 Å². The largest absolute Gasteiger partial charge is 0.495 e. The average molecular weight is 332 g/mol. The van der Waals surface area contributed by atoms with E-state index in [9.17, 15) is 0 Å². The zero-order chi connectivity index (χ0) is 13.8. The molecule has 1 fully saturated rings. The summed E-state index contributed by atoms with van der Waals surface area (Å²) in [4.78, 5) is 0. The molecule has 106 valence electrons. The maximum Gasteiger partial charge on any atom is 0.141 e. The number of methoxy groups -OCH3 is 2. The number of ether oxygens (including phenoxy) is 4. The molecule has 6 heteroatoms. The van der Waals surface area contributed by atoms with Gasteiger partial charge in [-0.25, -0.2) is 0 Å². The van der Waals surface area contributed by atoms with E-state index < -0.39 is 0 Å². The summed E-state index contributed by atoms with van der Waals surface area (Å²) in [6.07, 6.45) is -0.164. The molecule has 1 aromatic rings. The third-order valence-corrected chi connectivity index (χ3v) is 3.87. The zero-order valence-electron chi connectivity index (χ0n) is 11.0. The molecule has 1 heterocycles. The summed E-state index contributed by atoms with van der Waals surface area (Å²) in [6.45, 7) is 1.68. The van der Waals surface area contributed by atoms with Gasteiger partial charge in [0, 0.05) is 5.56 Å². The Morgan fingerprint density at radius 2 is 2.11 bits per heavy atom. The lowest BCUT2D eigenvalue weighted by atomic mass is 10.0. The maximum atomic E-state index is 6.26. The molecule has 0 spiro atoms. The van der Waals surface area contributed by atoms with Crippen LogP contribution in [0.4, 0.5) is 0 Å². The molecule has 0 aromatic heterocycles. The number of hydrogen-bond donors (Lipinski definition) is 1. The minimum absolute atomic E-state index is 0.164. The van der Waals surface area contributed by atoms with Crippen molar-refractivity contribution in [2.45, 2.75) is 12.1 Å². The lowest BCUT2D eigenvalue weighted by Gasteiger charge is -2.29. The number of benzene rings is 1. The fourth-order valence-corrected chi connectivity index (χ4v) is 2.78. The highest BCUT2D eigenvalue weighted by Crippen LogP contribution is 2.40. The summed E-state index contributed by atoms with van der Waals surface area (Å²) in [6, 6.07) is 3.44. The van der Waals surface area contributed by atoms with E-state index >= 15 is 0 Å². The zero-order valence-corrected chi connectivity index (χ0v) is 12.6. The van der Waals surface area contributed by atoms with E-state index in [1.807, 2.05) is 12.1 Å². The summed E-state index contributed by atoms with van der Waals surface area (Å²) in [5.74, 6) is 1.37. The fraction of sp³-hybridized carbons (Fsp3) is 0.538. The first kappa shape index (κ1) is 14.6. The van der Waals surface area contributed by atoms with Crippen LogP contribution in [0.5, 0.6) is 11.5 Å². The van der Waals surface area contributed by atoms with Crippen molar-refractivity contribution < 1.29 is 18.9 Å². The van der Waals surface area contributed by atoms with E-state index in [1.165, 1.54) is 0 Å². The standard InChI is InChI=1S/C13H18BrNO4/c1-16-9-4-3-8(13(17-2)11(9)14)12(15)10-7-18-5-6-19-10/h3-4,10,12H,5-7,15H2,1-2H3. The minimum Gasteiger partial charge on any atom is -0.495 e. The van der Waals surface area contributed by atoms with Gasteiger partial charge < -0.3 is 24.7 Å². The van der Waals surface area contributed by atoms with Gasteiger partial charge in [0.05, 0.1) is 40.1 Å². The van der Waals surface area contributed by atoms with E-state index in [-0.39, 0.29) is 12.1 Å². The topological polar surface area (TPSA) is 62.9 Å². The Hall–Kier alpha value is -0.820. The second-order valence-corrected chi connectivity index (χ2v) is 5.01. The highest BCUT2D eigenvalue weighted by molar-refractivity contribution is 9.10. The van der Waals surface area contributed by atoms with Gasteiger partial charge in [-0.05, 0) is 28.1 Å². The van der Waals surface area contributed by atoms with E-state index in [0.717, 1.165) is 10.0 Å². The quantitative estimate of drug-likeness (QED) is 0.912. The molecule has 0 amide bonds. The number of hydrogen-bond acceptors (Lipinski definition) is 5. The molecule has 1 aliphatic rings. The van der Waals surface area contributed by atoms with Crippen LogP contribution in [0.2, 0.25) is 0 Å². The summed E-state index contributed by atoms with van der Waals surface area (Å²) in [5, 5.41) is 0. The van der Waals surface area contributed by atoms with E-state index in [0.29, 0.717) is 31.3 Å². The third kappa shape index (κ3) is 3.02. The van der Waals surface area contributed by atoms with Crippen molar-refractivity contribution in [2.75, 3.05) is 34.0 Å². The summed E-state index contributed by atoms with van der Waals surface area (Å²) in [5.41, 5.74) is 7.13. The minimum atomic E-state index is -0.308. The van der Waals surface area contributed by atoms with Gasteiger partial charge in [0.15, 0.2) is 0 Å². The highest BCUT2D eigenvalue weighted by Gasteiger charge is 2.27. The molecule has 1 aromatic carbocycles. The van der Waals surface area contributed by atoms with Gasteiger partial charge in [0.1, 0.15) is 22.1 Å². The third-order valence-electron chi connectivity index (χ3n) is 3.12. The molecule has 0 radical (unpaired) electrons. The summed E-state index contributed by atoms with van der Waals surface area (Å²) < 4.78 is 22.5. The molecule has 2 unspecified atom stereocenters. The molecule has 1 saturated heterocycles. The van der Waals surface area contributed by atoms with E-state index in [1.54, 1.807) is 14.2 Å². The highest BCUT2D eigenvalue weighted by atomic mass is 79.9. The van der Waals surface area contributed by atoms with Gasteiger partial charge in [-0.2, -0.15) is 0 Å². The van der Waals surface area contributed by atoms with Crippen molar-refractivity contribution in [1.29, 1.82) is 0 Å². The normalized spacial score (nSPS) is 20.9. The Kier molecular flexibility index (Phi) is 5.04. The molecule has 0 saturated carbocycles. The lowest BCUT2D eigenvalue weighted by Crippen LogP contribution is -2.38. The van der Waals surface area contributed by atoms with Crippen LogP contribution in [-0.2, 0) is 9.47 Å². The Morgan fingerprint density at radius 1 is 1.32 bits per heavy atom. The molecule has 5 nitrogen and oxygen atoms in total. The van der Waals surface area contributed by atoms with Crippen LogP contribution in [0, 0.1) is 0 Å². The van der Waals surface area contributed by atoms with E-state index in [2.05, 4.69) is 15.9 Å². The molecular weight excluding hydrogens is 314 g/mol. The first-order valence-electron chi connectivity index (χ1n) is 6.04. The number of rotatable bonds is 4. The fourth-order valence-electron chi connectivity index (χ4n) is 2.09. The summed E-state index contributed by atoms with van der Waals surface area (Å²) >= 11 is 3.47. The van der Waals surface area contributed by atoms with Crippen molar-refractivity contribution in [3.63, 3.8) is 0 Å². The smallest absolute Gasteiger partial charge is 0.141 e. The Balaban J connectivity index is 2.30. The second-order valence-electron chi connectivity index (χ2n) is 4.21. The predicted molar refractivity (Wildman–Crippen MR) is 74.7 cm³/mol. The predicted octanol–water partition coefficient (Wildman–Crippen LogP) is 1.88. The molecule has 0 bridgehead atoms. The van der Waals surface area contributed by atoms with Gasteiger partial charge in [-0.3, -0.25) is 0 Å². The molecule has 1 aliphatic heterocycles. The van der Waals surface area contributed by atoms with E-state index in [4.69, 9.17) is 24.7 Å². The van der Waals surface area contributed by atoms with Gasteiger partial charge in [-0.1, -0.05) is 0 Å². The van der Waals surface area contributed by atoms with Crippen LogP contribution in [0.25, 0.3) is 0 Å². The number of nitrogens with two attached hydrogens (primary N) is 1. The second kappa shape index (κ2) is 6.56. The molecule has 0 aliphatic carbocycles. The van der Waals surface area contributed by atoms with Gasteiger partial charge in [0.2, 0.25) is 0 Å². The van der Waals surface area contributed by atoms with Crippen LogP contribution in [-0.4, -0.2) is 40.1 Å². The molecule has 19 heavy (non-hydrogen) atoms. The average Bonchev–Trinajstić information content (AvgIpc) is 2.47. The maximum absolute atomic E-state index is 6.26. The van der Waals surface area contributed by atoms with Gasteiger partial charge >= 0.3 is 0 Å². The Bertz CT molecular complexity index is 435. The van der Waals surface area contributed by atoms with Crippen molar-refractivity contribution in [3.05, 3.63) is 22.2 Å². The lowest BCUT2D eigenvalue weighted by molar-refractivity contribution is -0.0977. The van der Waals surface area contributed by atoms with Gasteiger partial charge in [-0.15, -0.1) is 0 Å².